The number of hydrogen-bond donors (Lipinski definition) is 1. The van der Waals surface area contributed by atoms with Gasteiger partial charge in [-0.15, -0.1) is 0 Å². The average molecular weight is 247 g/mol. The molecule has 1 saturated carbocycles. The van der Waals surface area contributed by atoms with E-state index in [0.29, 0.717) is 6.04 Å². The highest BCUT2D eigenvalue weighted by molar-refractivity contribution is 5.80. The van der Waals surface area contributed by atoms with E-state index in [4.69, 9.17) is 9.41 Å². The van der Waals surface area contributed by atoms with Gasteiger partial charge >= 0.3 is 0 Å². The fourth-order valence-electron chi connectivity index (χ4n) is 2.30. The second-order valence-corrected chi connectivity index (χ2v) is 5.15. The molecule has 2 aliphatic rings. The molecule has 0 unspecified atom stereocenters. The van der Waals surface area contributed by atoms with Gasteiger partial charge in [-0.1, -0.05) is 0 Å². The highest BCUT2D eigenvalue weighted by atomic mass is 16.3. The quantitative estimate of drug-likeness (QED) is 0.654. The highest BCUT2D eigenvalue weighted by Crippen LogP contribution is 2.20. The number of hydrogen-bond acceptors (Lipinski definition) is 2. The van der Waals surface area contributed by atoms with E-state index in [1.165, 1.54) is 25.7 Å². The summed E-state index contributed by atoms with van der Waals surface area (Å²) in [6, 6.07) is 4.62. The first-order valence-corrected chi connectivity index (χ1v) is 7.00. The molecule has 1 aliphatic heterocycles. The van der Waals surface area contributed by atoms with Crippen LogP contribution >= 0.6 is 0 Å². The Balaban J connectivity index is 1.56. The maximum absolute atomic E-state index is 5.33. The Bertz CT molecular complexity index is 389. The van der Waals surface area contributed by atoms with Gasteiger partial charge in [-0.05, 0) is 37.8 Å². The molecule has 18 heavy (non-hydrogen) atoms. The molecule has 1 N–H and O–H groups in total. The van der Waals surface area contributed by atoms with E-state index in [0.717, 1.165) is 37.8 Å². The van der Waals surface area contributed by atoms with Crippen molar-refractivity contribution in [3.05, 3.63) is 24.2 Å². The molecule has 1 aromatic heterocycles. The predicted molar refractivity (Wildman–Crippen MR) is 71.7 cm³/mol. The highest BCUT2D eigenvalue weighted by Gasteiger charge is 2.25. The summed E-state index contributed by atoms with van der Waals surface area (Å²) in [4.78, 5) is 7.12. The molecule has 1 aliphatic carbocycles. The summed E-state index contributed by atoms with van der Waals surface area (Å²) >= 11 is 0. The normalized spacial score (nSPS) is 20.4. The zero-order chi connectivity index (χ0) is 12.2. The molecule has 0 spiro atoms. The van der Waals surface area contributed by atoms with Crippen LogP contribution in [0, 0.1) is 0 Å². The molecule has 3 rings (SSSR count). The Morgan fingerprint density at radius 1 is 1.39 bits per heavy atom. The van der Waals surface area contributed by atoms with Gasteiger partial charge in [0.25, 0.3) is 0 Å². The van der Waals surface area contributed by atoms with Crippen molar-refractivity contribution in [1.82, 2.24) is 10.2 Å². The van der Waals surface area contributed by atoms with Crippen LogP contribution in [0.25, 0.3) is 0 Å². The monoisotopic (exact) mass is 247 g/mol. The Labute approximate surface area is 108 Å². The van der Waals surface area contributed by atoms with Crippen LogP contribution < -0.4 is 5.32 Å². The van der Waals surface area contributed by atoms with Crippen molar-refractivity contribution in [2.75, 3.05) is 19.6 Å². The van der Waals surface area contributed by atoms with E-state index in [2.05, 4.69) is 10.2 Å². The molecule has 98 valence electrons. The van der Waals surface area contributed by atoms with Gasteiger partial charge in [0, 0.05) is 32.1 Å². The minimum absolute atomic E-state index is 0.674. The van der Waals surface area contributed by atoms with Gasteiger partial charge in [0.15, 0.2) is 5.96 Å². The Hall–Kier alpha value is -1.45. The first-order valence-electron chi connectivity index (χ1n) is 7.00. The molecule has 2 heterocycles. The summed E-state index contributed by atoms with van der Waals surface area (Å²) in [5.41, 5.74) is 0. The number of nitrogens with one attached hydrogen (secondary N) is 1. The van der Waals surface area contributed by atoms with Gasteiger partial charge in [-0.2, -0.15) is 0 Å². The largest absolute Gasteiger partial charge is 0.469 e. The first kappa shape index (κ1) is 11.6. The molecule has 4 nitrogen and oxygen atoms in total. The van der Waals surface area contributed by atoms with Gasteiger partial charge in [-0.3, -0.25) is 4.99 Å². The number of rotatable bonds is 4. The number of aliphatic imine (C=N–C) groups is 1. The van der Waals surface area contributed by atoms with Crippen molar-refractivity contribution in [2.24, 2.45) is 4.99 Å². The summed E-state index contributed by atoms with van der Waals surface area (Å²) in [7, 11) is 0. The summed E-state index contributed by atoms with van der Waals surface area (Å²) in [6.45, 7) is 3.11. The minimum atomic E-state index is 0.674. The fraction of sp³-hybridized carbons (Fsp3) is 0.643. The molecule has 0 amide bonds. The zero-order valence-corrected chi connectivity index (χ0v) is 10.8. The molecule has 2 fully saturated rings. The third-order valence-electron chi connectivity index (χ3n) is 3.52. The molecule has 1 aromatic rings. The number of furan rings is 1. The third-order valence-corrected chi connectivity index (χ3v) is 3.52. The fourth-order valence-corrected chi connectivity index (χ4v) is 2.30. The van der Waals surface area contributed by atoms with Crippen LogP contribution in [0.1, 0.15) is 31.4 Å². The van der Waals surface area contributed by atoms with Crippen molar-refractivity contribution >= 4 is 5.96 Å². The SMILES string of the molecule is c1coc(CCN=C(NC2CC2)N2CCCC2)c1. The van der Waals surface area contributed by atoms with Crippen LogP contribution in [0.4, 0.5) is 0 Å². The first-order chi connectivity index (χ1) is 8.92. The summed E-state index contributed by atoms with van der Waals surface area (Å²) in [5, 5.41) is 3.56. The van der Waals surface area contributed by atoms with Crippen molar-refractivity contribution in [3.63, 3.8) is 0 Å². The summed E-state index contributed by atoms with van der Waals surface area (Å²) in [5.74, 6) is 2.13. The Morgan fingerprint density at radius 2 is 2.22 bits per heavy atom. The zero-order valence-electron chi connectivity index (χ0n) is 10.8. The van der Waals surface area contributed by atoms with E-state index >= 15 is 0 Å². The number of guanidine groups is 1. The van der Waals surface area contributed by atoms with E-state index in [-0.39, 0.29) is 0 Å². The van der Waals surface area contributed by atoms with E-state index in [1.807, 2.05) is 12.1 Å². The van der Waals surface area contributed by atoms with Gasteiger partial charge in [0.05, 0.1) is 6.26 Å². The molecule has 1 saturated heterocycles. The van der Waals surface area contributed by atoms with E-state index < -0.39 is 0 Å². The second-order valence-electron chi connectivity index (χ2n) is 5.15. The molecule has 0 radical (unpaired) electrons. The topological polar surface area (TPSA) is 40.8 Å². The third kappa shape index (κ3) is 3.06. The standard InChI is InChI=1S/C14H21N3O/c1-2-10-17(9-1)14(16-12-5-6-12)15-8-7-13-4-3-11-18-13/h3-4,11-12H,1-2,5-10H2,(H,15,16). The van der Waals surface area contributed by atoms with Gasteiger partial charge in [0.1, 0.15) is 5.76 Å². The lowest BCUT2D eigenvalue weighted by Crippen LogP contribution is -2.41. The van der Waals surface area contributed by atoms with Crippen molar-refractivity contribution in [1.29, 1.82) is 0 Å². The van der Waals surface area contributed by atoms with Crippen LogP contribution in [0.5, 0.6) is 0 Å². The van der Waals surface area contributed by atoms with Crippen LogP contribution in [-0.2, 0) is 6.42 Å². The summed E-state index contributed by atoms with van der Waals surface area (Å²) < 4.78 is 5.33. The molecule has 4 heteroatoms. The van der Waals surface area contributed by atoms with E-state index in [9.17, 15) is 0 Å². The van der Waals surface area contributed by atoms with Crippen LogP contribution in [0.2, 0.25) is 0 Å². The second kappa shape index (κ2) is 5.46. The van der Waals surface area contributed by atoms with Crippen molar-refractivity contribution in [3.8, 4) is 0 Å². The minimum Gasteiger partial charge on any atom is -0.469 e. The molecular weight excluding hydrogens is 226 g/mol. The van der Waals surface area contributed by atoms with Crippen LogP contribution in [0.15, 0.2) is 27.8 Å². The Kier molecular flexibility index (Phi) is 3.53. The maximum Gasteiger partial charge on any atom is 0.194 e. The average Bonchev–Trinajstić information content (AvgIpc) is 2.88. The lowest BCUT2D eigenvalue weighted by atomic mass is 10.3. The molecule has 0 aromatic carbocycles. The van der Waals surface area contributed by atoms with Gasteiger partial charge < -0.3 is 14.6 Å². The summed E-state index contributed by atoms with van der Waals surface area (Å²) in [6.07, 6.45) is 7.79. The van der Waals surface area contributed by atoms with Gasteiger partial charge in [0.2, 0.25) is 0 Å². The molecule has 0 atom stereocenters. The van der Waals surface area contributed by atoms with Crippen LogP contribution in [0.3, 0.4) is 0 Å². The molecular formula is C14H21N3O. The smallest absolute Gasteiger partial charge is 0.194 e. The number of likely N-dealkylation sites (tertiary alicyclic amines) is 1. The van der Waals surface area contributed by atoms with Crippen molar-refractivity contribution in [2.45, 2.75) is 38.1 Å². The lowest BCUT2D eigenvalue weighted by molar-refractivity contribution is 0.486. The van der Waals surface area contributed by atoms with E-state index in [1.54, 1.807) is 6.26 Å². The predicted octanol–water partition coefficient (Wildman–Crippen LogP) is 2.03. The van der Waals surface area contributed by atoms with Gasteiger partial charge in [-0.25, -0.2) is 0 Å². The van der Waals surface area contributed by atoms with Crippen LogP contribution in [-0.4, -0.2) is 36.5 Å². The Morgan fingerprint density at radius 3 is 2.89 bits per heavy atom. The molecule has 0 bridgehead atoms. The van der Waals surface area contributed by atoms with Crippen molar-refractivity contribution < 1.29 is 4.42 Å². The number of nitrogens with zero attached hydrogens (tertiary/aromatic N) is 2. The maximum atomic E-state index is 5.33. The lowest BCUT2D eigenvalue weighted by Gasteiger charge is -2.21.